The van der Waals surface area contributed by atoms with Crippen LogP contribution in [0.25, 0.3) is 0 Å². The van der Waals surface area contributed by atoms with Gasteiger partial charge in [-0.25, -0.2) is 4.79 Å². The van der Waals surface area contributed by atoms with Crippen LogP contribution in [0, 0.1) is 11.8 Å². The van der Waals surface area contributed by atoms with E-state index in [2.05, 4.69) is 4.90 Å². The third kappa shape index (κ3) is 4.72. The molecule has 3 fully saturated rings. The Morgan fingerprint density at radius 3 is 2.30 bits per heavy atom. The number of benzene rings is 1. The first-order chi connectivity index (χ1) is 14.2. The Labute approximate surface area is 188 Å². The largest absolute Gasteiger partial charge is 0.444 e. The van der Waals surface area contributed by atoms with Gasteiger partial charge in [-0.2, -0.15) is 0 Å². The molecule has 0 aromatic heterocycles. The molecule has 2 aliphatic carbocycles. The van der Waals surface area contributed by atoms with E-state index in [1.807, 2.05) is 20.8 Å². The van der Waals surface area contributed by atoms with Gasteiger partial charge in [0.15, 0.2) is 0 Å². The number of nitrogens with zero attached hydrogens (tertiary/aromatic N) is 2. The van der Waals surface area contributed by atoms with Crippen molar-refractivity contribution in [3.63, 3.8) is 0 Å². The predicted octanol–water partition coefficient (Wildman–Crippen LogP) is 5.63. The third-order valence-corrected chi connectivity index (χ3v) is 6.98. The molecule has 0 N–H and O–H groups in total. The molecular formula is C23H30Cl2N2O3. The smallest absolute Gasteiger partial charge is 0.410 e. The van der Waals surface area contributed by atoms with Gasteiger partial charge >= 0.3 is 6.09 Å². The van der Waals surface area contributed by atoms with E-state index in [9.17, 15) is 9.59 Å². The molecule has 1 saturated heterocycles. The standard InChI is InChI=1S/C23H30Cl2N2O3/c1-23(2,3)30-22(29)26-12-11-16(13-26)27(20(14-7-8-14)15-9-10-15)21(28)17-5-4-6-18(24)19(17)25/h4-6,14-16,20H,7-13H2,1-3H3. The number of carbonyl (C=O) groups excluding carboxylic acids is 2. The Morgan fingerprint density at radius 2 is 1.73 bits per heavy atom. The molecule has 164 valence electrons. The van der Waals surface area contributed by atoms with Gasteiger partial charge in [0.2, 0.25) is 0 Å². The van der Waals surface area contributed by atoms with Crippen molar-refractivity contribution in [2.24, 2.45) is 11.8 Å². The molecule has 7 heteroatoms. The maximum Gasteiger partial charge on any atom is 0.410 e. The van der Waals surface area contributed by atoms with E-state index in [0.717, 1.165) is 32.1 Å². The van der Waals surface area contributed by atoms with Crippen LogP contribution in [0.1, 0.15) is 63.2 Å². The van der Waals surface area contributed by atoms with Crippen LogP contribution in [-0.2, 0) is 4.74 Å². The van der Waals surface area contributed by atoms with Crippen LogP contribution < -0.4 is 0 Å². The molecule has 0 radical (unpaired) electrons. The molecule has 2 saturated carbocycles. The first-order valence-corrected chi connectivity index (χ1v) is 11.7. The lowest BCUT2D eigenvalue weighted by Crippen LogP contribution is -2.51. The van der Waals surface area contributed by atoms with Gasteiger partial charge in [0.05, 0.1) is 21.7 Å². The minimum atomic E-state index is -0.538. The van der Waals surface area contributed by atoms with Crippen LogP contribution in [0.15, 0.2) is 18.2 Å². The molecule has 0 spiro atoms. The summed E-state index contributed by atoms with van der Waals surface area (Å²) in [6.45, 7) is 6.69. The summed E-state index contributed by atoms with van der Waals surface area (Å²) in [5.41, 5.74) is -0.0880. The molecular weight excluding hydrogens is 423 g/mol. The number of amides is 2. The van der Waals surface area contributed by atoms with Crippen molar-refractivity contribution in [3.8, 4) is 0 Å². The van der Waals surface area contributed by atoms with Crippen molar-refractivity contribution in [1.82, 2.24) is 9.80 Å². The molecule has 30 heavy (non-hydrogen) atoms. The minimum absolute atomic E-state index is 0.0359. The van der Waals surface area contributed by atoms with Crippen molar-refractivity contribution in [2.75, 3.05) is 13.1 Å². The summed E-state index contributed by atoms with van der Waals surface area (Å²) in [5, 5.41) is 0.695. The zero-order valence-electron chi connectivity index (χ0n) is 17.9. The summed E-state index contributed by atoms with van der Waals surface area (Å²) < 4.78 is 5.55. The number of hydrogen-bond acceptors (Lipinski definition) is 3. The fraction of sp³-hybridized carbons (Fsp3) is 0.652. The van der Waals surface area contributed by atoms with E-state index in [4.69, 9.17) is 27.9 Å². The van der Waals surface area contributed by atoms with Crippen molar-refractivity contribution in [2.45, 2.75) is 70.6 Å². The molecule has 1 unspecified atom stereocenters. The Balaban J connectivity index is 1.59. The highest BCUT2D eigenvalue weighted by Crippen LogP contribution is 2.49. The van der Waals surface area contributed by atoms with Crippen LogP contribution in [-0.4, -0.2) is 52.6 Å². The lowest BCUT2D eigenvalue weighted by molar-refractivity contribution is 0.0255. The number of carbonyl (C=O) groups is 2. The van der Waals surface area contributed by atoms with Gasteiger partial charge < -0.3 is 14.5 Å². The summed E-state index contributed by atoms with van der Waals surface area (Å²) in [4.78, 5) is 30.1. The van der Waals surface area contributed by atoms with Gasteiger partial charge in [-0.1, -0.05) is 29.3 Å². The van der Waals surface area contributed by atoms with Gasteiger partial charge in [0.1, 0.15) is 5.60 Å². The quantitative estimate of drug-likeness (QED) is 0.580. The maximum atomic E-state index is 13.8. The summed E-state index contributed by atoms with van der Waals surface area (Å²) in [5.74, 6) is 1.03. The Bertz CT molecular complexity index is 818. The van der Waals surface area contributed by atoms with Gasteiger partial charge in [-0.15, -0.1) is 0 Å². The third-order valence-electron chi connectivity index (χ3n) is 6.16. The number of halogens is 2. The summed E-state index contributed by atoms with van der Waals surface area (Å²) in [7, 11) is 0. The van der Waals surface area contributed by atoms with Gasteiger partial charge in [0.25, 0.3) is 5.91 Å². The average Bonchev–Trinajstić information content (AvgIpc) is 3.60. The second-order valence-electron chi connectivity index (χ2n) is 9.85. The first kappa shape index (κ1) is 21.8. The monoisotopic (exact) mass is 452 g/mol. The van der Waals surface area contributed by atoms with Crippen molar-refractivity contribution < 1.29 is 14.3 Å². The molecule has 1 aromatic carbocycles. The highest BCUT2D eigenvalue weighted by molar-refractivity contribution is 6.43. The Morgan fingerprint density at radius 1 is 1.10 bits per heavy atom. The summed E-state index contributed by atoms with van der Waals surface area (Å²) >= 11 is 12.6. The summed E-state index contributed by atoms with van der Waals surface area (Å²) in [6.07, 6.45) is 5.09. The molecule has 0 bridgehead atoms. The van der Waals surface area contributed by atoms with E-state index >= 15 is 0 Å². The van der Waals surface area contributed by atoms with E-state index in [1.165, 1.54) is 0 Å². The lowest BCUT2D eigenvalue weighted by Gasteiger charge is -2.37. The van der Waals surface area contributed by atoms with E-state index < -0.39 is 5.60 Å². The normalized spacial score (nSPS) is 21.8. The predicted molar refractivity (Wildman–Crippen MR) is 118 cm³/mol. The lowest BCUT2D eigenvalue weighted by atomic mass is 10.00. The van der Waals surface area contributed by atoms with E-state index in [1.54, 1.807) is 23.1 Å². The van der Waals surface area contributed by atoms with Crippen LogP contribution in [0.2, 0.25) is 10.0 Å². The maximum absolute atomic E-state index is 13.8. The molecule has 5 nitrogen and oxygen atoms in total. The highest BCUT2D eigenvalue weighted by Gasteiger charge is 2.49. The fourth-order valence-electron chi connectivity index (χ4n) is 4.53. The number of hydrogen-bond donors (Lipinski definition) is 0. The molecule has 1 heterocycles. The Kier molecular flexibility index (Phi) is 5.97. The van der Waals surface area contributed by atoms with Gasteiger partial charge in [-0.05, 0) is 76.8 Å². The second-order valence-corrected chi connectivity index (χ2v) is 10.6. The Hall–Kier alpha value is -1.46. The van der Waals surface area contributed by atoms with Gasteiger partial charge in [0, 0.05) is 19.1 Å². The molecule has 1 atom stereocenters. The topological polar surface area (TPSA) is 49.9 Å². The van der Waals surface area contributed by atoms with Crippen LogP contribution in [0.5, 0.6) is 0 Å². The van der Waals surface area contributed by atoms with Gasteiger partial charge in [-0.3, -0.25) is 4.79 Å². The SMILES string of the molecule is CC(C)(C)OC(=O)N1CCC(N(C(=O)c2cccc(Cl)c2Cl)C(C2CC2)C2CC2)C1. The zero-order chi connectivity index (χ0) is 21.6. The zero-order valence-corrected chi connectivity index (χ0v) is 19.4. The van der Waals surface area contributed by atoms with Crippen LogP contribution in [0.4, 0.5) is 4.79 Å². The van der Waals surface area contributed by atoms with Crippen LogP contribution >= 0.6 is 23.2 Å². The number of rotatable bonds is 5. The summed E-state index contributed by atoms with van der Waals surface area (Å²) in [6, 6.07) is 5.40. The van der Waals surface area contributed by atoms with Crippen molar-refractivity contribution in [3.05, 3.63) is 33.8 Å². The second kappa shape index (κ2) is 8.23. The molecule has 1 aromatic rings. The molecule has 1 aliphatic heterocycles. The number of ether oxygens (including phenoxy) is 1. The molecule has 4 rings (SSSR count). The highest BCUT2D eigenvalue weighted by atomic mass is 35.5. The number of likely N-dealkylation sites (tertiary alicyclic amines) is 1. The molecule has 3 aliphatic rings. The fourth-order valence-corrected chi connectivity index (χ4v) is 4.91. The van der Waals surface area contributed by atoms with Crippen LogP contribution in [0.3, 0.4) is 0 Å². The van der Waals surface area contributed by atoms with E-state index in [0.29, 0.717) is 40.5 Å². The van der Waals surface area contributed by atoms with E-state index in [-0.39, 0.29) is 24.1 Å². The minimum Gasteiger partial charge on any atom is -0.444 e. The first-order valence-electron chi connectivity index (χ1n) is 10.9. The van der Waals surface area contributed by atoms with Crippen molar-refractivity contribution in [1.29, 1.82) is 0 Å². The average molecular weight is 453 g/mol. The van der Waals surface area contributed by atoms with Crippen molar-refractivity contribution >= 4 is 35.2 Å². The molecule has 2 amide bonds.